The summed E-state index contributed by atoms with van der Waals surface area (Å²) >= 11 is 6.17. The van der Waals surface area contributed by atoms with E-state index < -0.39 is 0 Å². The Morgan fingerprint density at radius 1 is 1.30 bits per heavy atom. The quantitative estimate of drug-likeness (QED) is 0.646. The van der Waals surface area contributed by atoms with E-state index in [1.54, 1.807) is 55.5 Å². The Morgan fingerprint density at radius 3 is 2.63 bits per heavy atom. The van der Waals surface area contributed by atoms with Crippen molar-refractivity contribution in [3.8, 4) is 5.75 Å². The number of likely N-dealkylation sites (tertiary alicyclic amines) is 1. The predicted octanol–water partition coefficient (Wildman–Crippen LogP) is 3.80. The van der Waals surface area contributed by atoms with Gasteiger partial charge in [-0.2, -0.15) is 3.89 Å². The number of carbonyl (C=O) groups excluding carboxylic acids is 2. The summed E-state index contributed by atoms with van der Waals surface area (Å²) in [4.78, 5) is 27.9. The Hall–Kier alpha value is -2.52. The second-order valence-corrected chi connectivity index (χ2v) is 7.42. The van der Waals surface area contributed by atoms with Gasteiger partial charge in [0, 0.05) is 56.7 Å². The minimum absolute atomic E-state index is 0.0264. The van der Waals surface area contributed by atoms with Crippen molar-refractivity contribution in [2.24, 2.45) is 0 Å². The van der Waals surface area contributed by atoms with E-state index in [0.717, 1.165) is 19.3 Å². The number of pyridine rings is 1. The number of nitrogens with zero attached hydrogens (tertiary/aromatic N) is 2. The van der Waals surface area contributed by atoms with E-state index in [4.69, 9.17) is 16.3 Å². The van der Waals surface area contributed by atoms with Crippen molar-refractivity contribution in [3.63, 3.8) is 0 Å². The summed E-state index contributed by atoms with van der Waals surface area (Å²) in [5.74, 6) is 1.09. The van der Waals surface area contributed by atoms with Gasteiger partial charge in [0.05, 0.1) is 17.2 Å². The Kier molecular flexibility index (Phi) is 9.69. The van der Waals surface area contributed by atoms with Crippen LogP contribution in [-0.4, -0.2) is 55.5 Å². The van der Waals surface area contributed by atoms with Crippen molar-refractivity contribution in [1.29, 1.82) is 0 Å². The third kappa shape index (κ3) is 7.07. The molecule has 7 nitrogen and oxygen atoms in total. The summed E-state index contributed by atoms with van der Waals surface area (Å²) in [6, 6.07) is 8.19. The molecule has 162 valence electrons. The SMILES string of the molecule is CNC(=O)c1ccnc(NC)c1.O=CN1CCC(Oc2cc(SF)ccc2Cl)CC1. The van der Waals surface area contributed by atoms with E-state index in [1.165, 1.54) is 0 Å². The van der Waals surface area contributed by atoms with Crippen molar-refractivity contribution < 1.29 is 18.2 Å². The van der Waals surface area contributed by atoms with Crippen molar-refractivity contribution in [2.45, 2.75) is 23.8 Å². The fraction of sp³-hybridized carbons (Fsp3) is 0.350. The lowest BCUT2D eigenvalue weighted by molar-refractivity contribution is -0.119. The van der Waals surface area contributed by atoms with Crippen LogP contribution in [-0.2, 0) is 4.79 Å². The molecule has 0 atom stereocenters. The summed E-state index contributed by atoms with van der Waals surface area (Å²) < 4.78 is 18.3. The first kappa shape index (κ1) is 23.8. The van der Waals surface area contributed by atoms with Crippen LogP contribution in [0.5, 0.6) is 5.75 Å². The van der Waals surface area contributed by atoms with Gasteiger partial charge in [-0.15, -0.1) is 0 Å². The number of anilines is 1. The number of aromatic nitrogens is 1. The second kappa shape index (κ2) is 12.2. The van der Waals surface area contributed by atoms with Crippen LogP contribution in [0, 0.1) is 0 Å². The Bertz CT molecular complexity index is 851. The fourth-order valence-electron chi connectivity index (χ4n) is 2.75. The van der Waals surface area contributed by atoms with E-state index in [2.05, 4.69) is 15.6 Å². The van der Waals surface area contributed by atoms with Crippen molar-refractivity contribution in [3.05, 3.63) is 47.1 Å². The number of carbonyl (C=O) groups is 2. The zero-order valence-corrected chi connectivity index (χ0v) is 18.3. The van der Waals surface area contributed by atoms with Gasteiger partial charge in [0.25, 0.3) is 5.91 Å². The lowest BCUT2D eigenvalue weighted by atomic mass is 10.1. The number of nitrogens with one attached hydrogen (secondary N) is 2. The van der Waals surface area contributed by atoms with Gasteiger partial charge in [0.1, 0.15) is 17.7 Å². The molecular weight excluding hydrogens is 431 g/mol. The summed E-state index contributed by atoms with van der Waals surface area (Å²) in [6.07, 6.45) is 4.00. The Balaban J connectivity index is 0.000000232. The first-order chi connectivity index (χ1) is 14.5. The zero-order valence-electron chi connectivity index (χ0n) is 16.7. The first-order valence-electron chi connectivity index (χ1n) is 9.30. The molecule has 0 bridgehead atoms. The molecule has 0 saturated carbocycles. The maximum atomic E-state index is 12.5. The van der Waals surface area contributed by atoms with E-state index in [9.17, 15) is 13.5 Å². The van der Waals surface area contributed by atoms with Gasteiger partial charge in [0.2, 0.25) is 6.41 Å². The summed E-state index contributed by atoms with van der Waals surface area (Å²) in [5, 5.41) is 5.87. The zero-order chi connectivity index (χ0) is 21.9. The highest BCUT2D eigenvalue weighted by atomic mass is 35.5. The predicted molar refractivity (Wildman–Crippen MR) is 117 cm³/mol. The average Bonchev–Trinajstić information content (AvgIpc) is 2.81. The molecule has 1 aromatic heterocycles. The molecule has 10 heteroatoms. The van der Waals surface area contributed by atoms with Crippen LogP contribution in [0.4, 0.5) is 9.70 Å². The molecule has 1 saturated heterocycles. The molecule has 0 aliphatic carbocycles. The maximum Gasteiger partial charge on any atom is 0.251 e. The Morgan fingerprint density at radius 2 is 2.03 bits per heavy atom. The third-order valence-corrected chi connectivity index (χ3v) is 5.16. The average molecular weight is 455 g/mol. The van der Waals surface area contributed by atoms with Crippen molar-refractivity contribution in [1.82, 2.24) is 15.2 Å². The van der Waals surface area contributed by atoms with Crippen LogP contribution >= 0.6 is 23.7 Å². The van der Waals surface area contributed by atoms with Gasteiger partial charge < -0.3 is 20.3 Å². The van der Waals surface area contributed by atoms with Crippen LogP contribution in [0.1, 0.15) is 23.2 Å². The molecule has 2 aromatic rings. The number of hydrogen-bond acceptors (Lipinski definition) is 6. The number of ether oxygens (including phenoxy) is 1. The lowest BCUT2D eigenvalue weighted by Gasteiger charge is -2.29. The van der Waals surface area contributed by atoms with Crippen LogP contribution in [0.2, 0.25) is 5.02 Å². The molecular formula is C20H24ClFN4O3S. The van der Waals surface area contributed by atoms with Gasteiger partial charge in [0.15, 0.2) is 0 Å². The van der Waals surface area contributed by atoms with Gasteiger partial charge in [-0.05, 0) is 30.3 Å². The highest BCUT2D eigenvalue weighted by Crippen LogP contribution is 2.32. The molecule has 2 N–H and O–H groups in total. The normalized spacial score (nSPS) is 13.7. The molecule has 0 spiro atoms. The molecule has 1 aliphatic heterocycles. The summed E-state index contributed by atoms with van der Waals surface area (Å²) in [7, 11) is 3.36. The van der Waals surface area contributed by atoms with E-state index in [1.807, 2.05) is 0 Å². The number of piperidine rings is 1. The standard InChI is InChI=1S/C12H13ClFNO2S.C8H11N3O/c13-11-2-1-10(18-14)7-12(11)17-9-3-5-15(8-16)6-4-9;1-9-7-5-6(3-4-11-7)8(12)10-2/h1-2,7-9H,3-6H2;3-5H,1-2H3,(H,9,11)(H,10,12). The van der Waals surface area contributed by atoms with E-state index in [0.29, 0.717) is 40.1 Å². The van der Waals surface area contributed by atoms with Crippen molar-refractivity contribution >= 4 is 41.9 Å². The second-order valence-electron chi connectivity index (χ2n) is 6.39. The monoisotopic (exact) mass is 454 g/mol. The van der Waals surface area contributed by atoms with Crippen LogP contribution in [0.3, 0.4) is 0 Å². The number of hydrogen-bond donors (Lipinski definition) is 2. The molecule has 2 amide bonds. The van der Waals surface area contributed by atoms with Gasteiger partial charge >= 0.3 is 0 Å². The number of benzene rings is 1. The topological polar surface area (TPSA) is 83.6 Å². The highest BCUT2D eigenvalue weighted by molar-refractivity contribution is 7.94. The lowest BCUT2D eigenvalue weighted by Crippen LogP contribution is -2.37. The van der Waals surface area contributed by atoms with E-state index >= 15 is 0 Å². The molecule has 2 heterocycles. The minimum atomic E-state index is -0.103. The molecule has 1 aromatic carbocycles. The largest absolute Gasteiger partial charge is 0.489 e. The molecule has 3 rings (SSSR count). The Labute approximate surface area is 184 Å². The van der Waals surface area contributed by atoms with Crippen LogP contribution < -0.4 is 15.4 Å². The summed E-state index contributed by atoms with van der Waals surface area (Å²) in [6.45, 7) is 1.37. The third-order valence-electron chi connectivity index (χ3n) is 4.42. The molecule has 1 fully saturated rings. The van der Waals surface area contributed by atoms with Crippen molar-refractivity contribution in [2.75, 3.05) is 32.5 Å². The number of halogens is 2. The molecule has 1 aliphatic rings. The molecule has 0 unspecified atom stereocenters. The van der Waals surface area contributed by atoms with Gasteiger partial charge in [-0.1, -0.05) is 11.6 Å². The number of rotatable bonds is 6. The van der Waals surface area contributed by atoms with Crippen LogP contribution in [0.25, 0.3) is 0 Å². The minimum Gasteiger partial charge on any atom is -0.489 e. The highest BCUT2D eigenvalue weighted by Gasteiger charge is 2.20. The van der Waals surface area contributed by atoms with Gasteiger partial charge in [-0.3, -0.25) is 9.59 Å². The first-order valence-corrected chi connectivity index (χ1v) is 10.4. The smallest absolute Gasteiger partial charge is 0.251 e. The van der Waals surface area contributed by atoms with E-state index in [-0.39, 0.29) is 24.2 Å². The maximum absolute atomic E-state index is 12.5. The van der Waals surface area contributed by atoms with Crippen LogP contribution in [0.15, 0.2) is 41.4 Å². The van der Waals surface area contributed by atoms with Gasteiger partial charge in [-0.25, -0.2) is 4.98 Å². The molecule has 30 heavy (non-hydrogen) atoms. The fourth-order valence-corrected chi connectivity index (χ4v) is 3.19. The molecule has 0 radical (unpaired) electrons. The number of amides is 2. The summed E-state index contributed by atoms with van der Waals surface area (Å²) in [5.41, 5.74) is 0.608.